The van der Waals surface area contributed by atoms with Gasteiger partial charge in [-0.3, -0.25) is 9.78 Å². The first-order valence-electron chi connectivity index (χ1n) is 10.5. The van der Waals surface area contributed by atoms with Crippen molar-refractivity contribution < 1.29 is 18.9 Å². The minimum Gasteiger partial charge on any atom is -0.504 e. The van der Waals surface area contributed by atoms with E-state index < -0.39 is 7.14 Å². The summed E-state index contributed by atoms with van der Waals surface area (Å²) in [7, 11) is -2.44. The normalized spacial score (nSPS) is 14.9. The Bertz CT molecular complexity index is 1380. The Morgan fingerprint density at radius 1 is 1.24 bits per heavy atom. The van der Waals surface area contributed by atoms with Gasteiger partial charge >= 0.3 is 0 Å². The van der Waals surface area contributed by atoms with Crippen molar-refractivity contribution in [3.63, 3.8) is 0 Å². The Kier molecular flexibility index (Phi) is 6.08. The summed E-state index contributed by atoms with van der Waals surface area (Å²) in [6, 6.07) is 7.87. The van der Waals surface area contributed by atoms with Crippen LogP contribution in [-0.2, 0) is 17.5 Å². The SMILES string of the molecule is CP(C)(=O)/C=C/c1ccnc2c(O)c3n(/c(=N/N)c12)CCN(CCc1ccc(F)cc1)C3=O. The number of halogens is 1. The third kappa shape index (κ3) is 4.54. The highest BCUT2D eigenvalue weighted by Crippen LogP contribution is 2.39. The summed E-state index contributed by atoms with van der Waals surface area (Å²) in [5, 5.41) is 15.4. The highest BCUT2D eigenvalue weighted by atomic mass is 31.2. The lowest BCUT2D eigenvalue weighted by Crippen LogP contribution is -2.45. The molecular weight excluding hydrogens is 444 g/mol. The van der Waals surface area contributed by atoms with Gasteiger partial charge < -0.3 is 25.0 Å². The fourth-order valence-electron chi connectivity index (χ4n) is 3.94. The number of rotatable bonds is 5. The first-order valence-corrected chi connectivity index (χ1v) is 13.1. The number of nitrogens with two attached hydrogens (primary N) is 1. The van der Waals surface area contributed by atoms with E-state index in [4.69, 9.17) is 5.84 Å². The molecule has 1 aliphatic heterocycles. The van der Waals surface area contributed by atoms with E-state index in [1.54, 1.807) is 52.9 Å². The Labute approximate surface area is 190 Å². The second kappa shape index (κ2) is 8.83. The average Bonchev–Trinajstić information content (AvgIpc) is 2.78. The molecule has 0 unspecified atom stereocenters. The van der Waals surface area contributed by atoms with Gasteiger partial charge in [0.15, 0.2) is 16.9 Å². The van der Waals surface area contributed by atoms with Crippen molar-refractivity contribution in [2.75, 3.05) is 26.4 Å². The molecular formula is C23H25FN5O3P. The Morgan fingerprint density at radius 3 is 2.64 bits per heavy atom. The molecule has 3 N–H and O–H groups in total. The van der Waals surface area contributed by atoms with Crippen LogP contribution in [0.25, 0.3) is 17.0 Å². The van der Waals surface area contributed by atoms with Gasteiger partial charge in [0.05, 0.1) is 5.39 Å². The maximum atomic E-state index is 13.3. The maximum Gasteiger partial charge on any atom is 0.274 e. The van der Waals surface area contributed by atoms with E-state index >= 15 is 0 Å². The van der Waals surface area contributed by atoms with Crippen molar-refractivity contribution in [1.82, 2.24) is 14.5 Å². The number of benzene rings is 1. The molecule has 1 aromatic carbocycles. The van der Waals surface area contributed by atoms with Crippen LogP contribution < -0.4 is 11.3 Å². The number of carbonyl (C=O) groups is 1. The first-order chi connectivity index (χ1) is 15.7. The van der Waals surface area contributed by atoms with Crippen LogP contribution in [-0.4, -0.2) is 51.9 Å². The van der Waals surface area contributed by atoms with Gasteiger partial charge in [-0.2, -0.15) is 5.10 Å². The van der Waals surface area contributed by atoms with Gasteiger partial charge in [0.2, 0.25) is 0 Å². The standard InChI is InChI=1S/C23H25FN5O3P/c1-33(2,32)14-9-16-7-10-26-19-18(16)22(27-25)29-13-12-28(23(31)20(29)21(19)30)11-8-15-3-5-17(24)6-4-15/h3-7,9-10,14,30H,8,11-13,25H2,1-2H3/b14-9+,27-22+. The summed E-state index contributed by atoms with van der Waals surface area (Å²) in [6.45, 7) is 4.48. The summed E-state index contributed by atoms with van der Waals surface area (Å²) in [5.41, 5.74) is 2.14. The minimum atomic E-state index is -2.44. The fourth-order valence-corrected chi connectivity index (χ4v) is 4.46. The zero-order valence-corrected chi connectivity index (χ0v) is 19.3. The van der Waals surface area contributed by atoms with Crippen molar-refractivity contribution in [3.05, 3.63) is 70.5 Å². The molecule has 3 heterocycles. The van der Waals surface area contributed by atoms with Crippen LogP contribution in [0.1, 0.15) is 21.6 Å². The van der Waals surface area contributed by atoms with Gasteiger partial charge in [0.25, 0.3) is 5.91 Å². The predicted octanol–water partition coefficient (Wildman–Crippen LogP) is 2.95. The van der Waals surface area contributed by atoms with Crippen molar-refractivity contribution >= 4 is 30.0 Å². The number of hydrogen-bond acceptors (Lipinski definition) is 6. The highest BCUT2D eigenvalue weighted by molar-refractivity contribution is 7.65. The molecule has 0 fully saturated rings. The van der Waals surface area contributed by atoms with Crippen LogP contribution >= 0.6 is 7.14 Å². The van der Waals surface area contributed by atoms with Gasteiger partial charge in [-0.25, -0.2) is 4.39 Å². The second-order valence-corrected chi connectivity index (χ2v) is 11.5. The number of fused-ring (bicyclic) bond motifs is 2. The molecule has 4 rings (SSSR count). The monoisotopic (exact) mass is 469 g/mol. The third-order valence-electron chi connectivity index (χ3n) is 5.58. The summed E-state index contributed by atoms with van der Waals surface area (Å²) in [6.07, 6.45) is 3.76. The molecule has 1 aliphatic rings. The molecule has 8 nitrogen and oxygen atoms in total. The number of hydrogen-bond donors (Lipinski definition) is 2. The summed E-state index contributed by atoms with van der Waals surface area (Å²) in [5.74, 6) is 6.43. The van der Waals surface area contributed by atoms with E-state index in [1.165, 1.54) is 18.3 Å². The maximum absolute atomic E-state index is 13.3. The van der Waals surface area contributed by atoms with Gasteiger partial charge in [-0.05, 0) is 54.9 Å². The zero-order chi connectivity index (χ0) is 23.8. The largest absolute Gasteiger partial charge is 0.504 e. The summed E-state index contributed by atoms with van der Waals surface area (Å²) in [4.78, 5) is 19.2. The Morgan fingerprint density at radius 2 is 1.97 bits per heavy atom. The topological polar surface area (TPSA) is 114 Å². The molecule has 2 aromatic heterocycles. The van der Waals surface area contributed by atoms with Crippen LogP contribution in [0.2, 0.25) is 0 Å². The molecule has 0 saturated heterocycles. The van der Waals surface area contributed by atoms with Gasteiger partial charge in [-0.1, -0.05) is 18.2 Å². The number of pyridine rings is 2. The smallest absolute Gasteiger partial charge is 0.274 e. The van der Waals surface area contributed by atoms with E-state index in [9.17, 15) is 18.9 Å². The minimum absolute atomic E-state index is 0.0716. The van der Waals surface area contributed by atoms with Gasteiger partial charge in [0, 0.05) is 25.8 Å². The highest BCUT2D eigenvalue weighted by Gasteiger charge is 2.30. The van der Waals surface area contributed by atoms with Crippen molar-refractivity contribution in [1.29, 1.82) is 0 Å². The quantitative estimate of drug-likeness (QED) is 0.339. The van der Waals surface area contributed by atoms with E-state index in [1.807, 2.05) is 0 Å². The molecule has 1 amide bonds. The van der Waals surface area contributed by atoms with Crippen LogP contribution in [0.4, 0.5) is 4.39 Å². The molecule has 0 saturated carbocycles. The molecule has 0 bridgehead atoms. The third-order valence-corrected chi connectivity index (χ3v) is 6.45. The lowest BCUT2D eigenvalue weighted by atomic mass is 10.1. The average molecular weight is 469 g/mol. The molecule has 0 radical (unpaired) electrons. The van der Waals surface area contributed by atoms with E-state index in [2.05, 4.69) is 10.1 Å². The molecule has 33 heavy (non-hydrogen) atoms. The fraction of sp³-hybridized carbons (Fsp3) is 0.261. The predicted molar refractivity (Wildman–Crippen MR) is 126 cm³/mol. The zero-order valence-electron chi connectivity index (χ0n) is 18.4. The van der Waals surface area contributed by atoms with E-state index in [0.717, 1.165) is 5.56 Å². The molecule has 3 aromatic rings. The van der Waals surface area contributed by atoms with E-state index in [0.29, 0.717) is 42.5 Å². The summed E-state index contributed by atoms with van der Waals surface area (Å²) < 4.78 is 26.9. The molecule has 0 atom stereocenters. The molecule has 172 valence electrons. The molecule has 10 heteroatoms. The van der Waals surface area contributed by atoms with Crippen molar-refractivity contribution in [2.24, 2.45) is 10.9 Å². The number of aromatic nitrogens is 2. The Balaban J connectivity index is 1.76. The lowest BCUT2D eigenvalue weighted by Gasteiger charge is -2.31. The first kappa shape index (κ1) is 22.7. The summed E-state index contributed by atoms with van der Waals surface area (Å²) >= 11 is 0. The van der Waals surface area contributed by atoms with Gasteiger partial charge in [-0.15, -0.1) is 0 Å². The second-order valence-electron chi connectivity index (χ2n) is 8.34. The van der Waals surface area contributed by atoms with Crippen LogP contribution in [0.3, 0.4) is 0 Å². The number of amides is 1. The lowest BCUT2D eigenvalue weighted by molar-refractivity contribution is 0.0698. The number of nitrogens with zero attached hydrogens (tertiary/aromatic N) is 4. The van der Waals surface area contributed by atoms with Crippen LogP contribution in [0, 0.1) is 5.82 Å². The molecule has 0 spiro atoms. The van der Waals surface area contributed by atoms with Crippen molar-refractivity contribution in [2.45, 2.75) is 13.0 Å². The van der Waals surface area contributed by atoms with Gasteiger partial charge in [0.1, 0.15) is 18.5 Å². The molecule has 0 aliphatic carbocycles. The number of aromatic hydroxyl groups is 1. The van der Waals surface area contributed by atoms with E-state index in [-0.39, 0.29) is 28.7 Å². The number of carbonyl (C=O) groups excluding carboxylic acids is 1. The van der Waals surface area contributed by atoms with Crippen LogP contribution in [0.15, 0.2) is 47.4 Å². The van der Waals surface area contributed by atoms with Crippen molar-refractivity contribution in [3.8, 4) is 5.75 Å². The van der Waals surface area contributed by atoms with Crippen LogP contribution in [0.5, 0.6) is 5.75 Å². The Hall–Kier alpha value is -3.45.